The van der Waals surface area contributed by atoms with Gasteiger partial charge in [0.05, 0.1) is 10.4 Å². The highest BCUT2D eigenvalue weighted by Gasteiger charge is 2.24. The molecule has 0 radical (unpaired) electrons. The third-order valence-electron chi connectivity index (χ3n) is 2.10. The van der Waals surface area contributed by atoms with Crippen LogP contribution in [0.5, 0.6) is 5.75 Å². The molecule has 0 atom stereocenters. The van der Waals surface area contributed by atoms with Crippen molar-refractivity contribution in [2.75, 3.05) is 0 Å². The van der Waals surface area contributed by atoms with Crippen LogP contribution in [0.25, 0.3) is 11.0 Å². The molecule has 0 fully saturated rings. The number of phenols is 1. The van der Waals surface area contributed by atoms with Gasteiger partial charge >= 0.3 is 16.8 Å². The molecule has 2 rings (SSSR count). The van der Waals surface area contributed by atoms with Gasteiger partial charge in [-0.25, -0.2) is 4.39 Å². The summed E-state index contributed by atoms with van der Waals surface area (Å²) >= 11 is 0. The molecule has 88 valence electrons. The Balaban J connectivity index is 3.09. The van der Waals surface area contributed by atoms with Crippen molar-refractivity contribution in [1.29, 1.82) is 0 Å². The molecule has 0 aliphatic carbocycles. The molecule has 1 aromatic carbocycles. The van der Waals surface area contributed by atoms with Gasteiger partial charge in [0.25, 0.3) is 0 Å². The zero-order valence-corrected chi connectivity index (χ0v) is 7.98. The molecule has 9 heteroatoms. The molecular weight excluding hydrogens is 237 g/mol. The average molecular weight is 241 g/mol. The van der Waals surface area contributed by atoms with Crippen molar-refractivity contribution >= 4 is 16.7 Å². The van der Waals surface area contributed by atoms with E-state index >= 15 is 0 Å². The summed E-state index contributed by atoms with van der Waals surface area (Å²) in [6, 6.07) is 0.676. The highest BCUT2D eigenvalue weighted by molar-refractivity contribution is 5.87. The Morgan fingerprint density at radius 1 is 1.29 bits per heavy atom. The third kappa shape index (κ3) is 1.53. The molecular formula is C8H4FN3O5. The van der Waals surface area contributed by atoms with Crippen molar-refractivity contribution in [3.8, 4) is 5.75 Å². The number of fused-ring (bicyclic) bond motifs is 1. The van der Waals surface area contributed by atoms with Gasteiger partial charge in [0.15, 0.2) is 5.82 Å². The Kier molecular flexibility index (Phi) is 2.16. The topological polar surface area (TPSA) is 129 Å². The SMILES string of the molecule is O=c1[nH]c2cc(F)c(O)c([N+](=O)[O-])c2[nH]c1=O. The van der Waals surface area contributed by atoms with Crippen molar-refractivity contribution in [1.82, 2.24) is 9.97 Å². The summed E-state index contributed by atoms with van der Waals surface area (Å²) in [5.74, 6) is -2.47. The van der Waals surface area contributed by atoms with Gasteiger partial charge in [0, 0.05) is 6.07 Å². The fourth-order valence-electron chi connectivity index (χ4n) is 1.38. The molecule has 0 spiro atoms. The number of nitrogens with zero attached hydrogens (tertiary/aromatic N) is 1. The van der Waals surface area contributed by atoms with E-state index in [4.69, 9.17) is 0 Å². The minimum Gasteiger partial charge on any atom is -0.500 e. The smallest absolute Gasteiger partial charge is 0.339 e. The number of benzene rings is 1. The quantitative estimate of drug-likeness (QED) is 0.366. The van der Waals surface area contributed by atoms with E-state index in [2.05, 4.69) is 0 Å². The Morgan fingerprint density at radius 2 is 1.88 bits per heavy atom. The first-order valence-corrected chi connectivity index (χ1v) is 4.24. The van der Waals surface area contributed by atoms with Gasteiger partial charge < -0.3 is 15.1 Å². The Labute approximate surface area is 90.5 Å². The van der Waals surface area contributed by atoms with Crippen molar-refractivity contribution in [2.24, 2.45) is 0 Å². The molecule has 0 bridgehead atoms. The summed E-state index contributed by atoms with van der Waals surface area (Å²) in [5.41, 5.74) is -3.94. The van der Waals surface area contributed by atoms with Crippen LogP contribution in [0, 0.1) is 15.9 Å². The van der Waals surface area contributed by atoms with Crippen molar-refractivity contribution in [3.05, 3.63) is 42.7 Å². The molecule has 1 aromatic heterocycles. The summed E-state index contributed by atoms with van der Waals surface area (Å²) in [7, 11) is 0. The molecule has 2 aromatic rings. The summed E-state index contributed by atoms with van der Waals surface area (Å²) in [4.78, 5) is 35.4. The second-order valence-corrected chi connectivity index (χ2v) is 3.14. The highest BCUT2D eigenvalue weighted by Crippen LogP contribution is 2.33. The van der Waals surface area contributed by atoms with Crippen LogP contribution < -0.4 is 11.1 Å². The molecule has 1 heterocycles. The van der Waals surface area contributed by atoms with Gasteiger partial charge in [-0.3, -0.25) is 19.7 Å². The second kappa shape index (κ2) is 3.40. The zero-order valence-electron chi connectivity index (χ0n) is 7.98. The van der Waals surface area contributed by atoms with Crippen molar-refractivity contribution in [3.63, 3.8) is 0 Å². The molecule has 17 heavy (non-hydrogen) atoms. The number of aromatic hydroxyl groups is 1. The van der Waals surface area contributed by atoms with E-state index < -0.39 is 38.8 Å². The molecule has 0 aliphatic heterocycles. The van der Waals surface area contributed by atoms with Gasteiger partial charge in [-0.05, 0) is 0 Å². The molecule has 0 aliphatic rings. The Morgan fingerprint density at radius 3 is 2.47 bits per heavy atom. The monoisotopic (exact) mass is 241 g/mol. The number of aromatic amines is 2. The van der Waals surface area contributed by atoms with Crippen LogP contribution in [0.1, 0.15) is 0 Å². The maximum absolute atomic E-state index is 13.1. The molecule has 0 saturated heterocycles. The summed E-state index contributed by atoms with van der Waals surface area (Å²) in [5, 5.41) is 19.8. The van der Waals surface area contributed by atoms with E-state index in [0.29, 0.717) is 6.07 Å². The van der Waals surface area contributed by atoms with Gasteiger partial charge in [-0.2, -0.15) is 0 Å². The first-order valence-electron chi connectivity index (χ1n) is 4.24. The number of halogens is 1. The van der Waals surface area contributed by atoms with Gasteiger partial charge in [-0.1, -0.05) is 0 Å². The minimum absolute atomic E-state index is 0.281. The Hall–Kier alpha value is -2.71. The second-order valence-electron chi connectivity index (χ2n) is 3.14. The van der Waals surface area contributed by atoms with Crippen LogP contribution in [0.15, 0.2) is 15.7 Å². The maximum atomic E-state index is 13.1. The van der Waals surface area contributed by atoms with Crippen LogP contribution in [0.4, 0.5) is 10.1 Å². The molecule has 0 amide bonds. The fourth-order valence-corrected chi connectivity index (χ4v) is 1.38. The molecule has 3 N–H and O–H groups in total. The predicted octanol–water partition coefficient (Wildman–Crippen LogP) is -0.0307. The lowest BCUT2D eigenvalue weighted by atomic mass is 10.2. The fraction of sp³-hybridized carbons (Fsp3) is 0. The lowest BCUT2D eigenvalue weighted by Gasteiger charge is -2.02. The number of phenolic OH excluding ortho intramolecular Hbond substituents is 1. The van der Waals surface area contributed by atoms with Crippen LogP contribution in [-0.2, 0) is 0 Å². The van der Waals surface area contributed by atoms with Crippen LogP contribution in [0.3, 0.4) is 0 Å². The van der Waals surface area contributed by atoms with E-state index in [1.54, 1.807) is 0 Å². The van der Waals surface area contributed by atoms with E-state index in [0.717, 1.165) is 0 Å². The van der Waals surface area contributed by atoms with E-state index in [1.807, 2.05) is 9.97 Å². The number of aromatic nitrogens is 2. The summed E-state index contributed by atoms with van der Waals surface area (Å²) in [6.07, 6.45) is 0. The zero-order chi connectivity index (χ0) is 12.7. The van der Waals surface area contributed by atoms with E-state index in [1.165, 1.54) is 0 Å². The van der Waals surface area contributed by atoms with Crippen LogP contribution in [0.2, 0.25) is 0 Å². The van der Waals surface area contributed by atoms with Gasteiger partial charge in [0.1, 0.15) is 5.52 Å². The minimum atomic E-state index is -1.27. The highest BCUT2D eigenvalue weighted by atomic mass is 19.1. The lowest BCUT2D eigenvalue weighted by Crippen LogP contribution is -2.29. The van der Waals surface area contributed by atoms with Gasteiger partial charge in [-0.15, -0.1) is 0 Å². The number of hydrogen-bond donors (Lipinski definition) is 3. The number of nitro groups is 1. The largest absolute Gasteiger partial charge is 0.500 e. The molecule has 0 saturated carbocycles. The van der Waals surface area contributed by atoms with E-state index in [-0.39, 0.29) is 5.52 Å². The summed E-state index contributed by atoms with van der Waals surface area (Å²) in [6.45, 7) is 0. The molecule has 8 nitrogen and oxygen atoms in total. The number of nitro benzene ring substituents is 1. The number of hydrogen-bond acceptors (Lipinski definition) is 5. The first kappa shape index (κ1) is 10.8. The third-order valence-corrected chi connectivity index (χ3v) is 2.10. The maximum Gasteiger partial charge on any atom is 0.339 e. The average Bonchev–Trinajstić information content (AvgIpc) is 2.23. The number of nitrogens with one attached hydrogen (secondary N) is 2. The van der Waals surface area contributed by atoms with Crippen LogP contribution in [-0.4, -0.2) is 20.0 Å². The van der Waals surface area contributed by atoms with Gasteiger partial charge in [0.2, 0.25) is 5.75 Å². The summed E-state index contributed by atoms with van der Waals surface area (Å²) < 4.78 is 13.1. The van der Waals surface area contributed by atoms with Crippen LogP contribution >= 0.6 is 0 Å². The Bertz CT molecular complexity index is 747. The number of H-pyrrole nitrogens is 2. The first-order chi connectivity index (χ1) is 7.91. The molecule has 0 unspecified atom stereocenters. The normalized spacial score (nSPS) is 10.6. The lowest BCUT2D eigenvalue weighted by molar-refractivity contribution is -0.384. The predicted molar refractivity (Wildman–Crippen MR) is 53.5 cm³/mol. The van der Waals surface area contributed by atoms with Crippen molar-refractivity contribution < 1.29 is 14.4 Å². The standard InChI is InChI=1S/C8H4FN3O5/c9-2-1-3-4(5(6(2)13)12(16)17)11-8(15)7(14)10-3/h1,13H,(H,10,14)(H,11,15). The van der Waals surface area contributed by atoms with E-state index in [9.17, 15) is 29.2 Å². The van der Waals surface area contributed by atoms with Crippen molar-refractivity contribution in [2.45, 2.75) is 0 Å². The number of rotatable bonds is 1.